The van der Waals surface area contributed by atoms with Gasteiger partial charge in [0.15, 0.2) is 0 Å². The van der Waals surface area contributed by atoms with E-state index in [2.05, 4.69) is 17.2 Å². The summed E-state index contributed by atoms with van der Waals surface area (Å²) in [5.41, 5.74) is 2.06. The highest BCUT2D eigenvalue weighted by molar-refractivity contribution is 5.74. The molecule has 3 rings (SSSR count). The second-order valence-corrected chi connectivity index (χ2v) is 6.27. The van der Waals surface area contributed by atoms with Crippen LogP contribution in [0.1, 0.15) is 31.4 Å². The highest BCUT2D eigenvalue weighted by Gasteiger charge is 2.29. The molecular weight excluding hydrogens is 292 g/mol. The molecule has 0 saturated carbocycles. The van der Waals surface area contributed by atoms with Crippen LogP contribution in [0.2, 0.25) is 0 Å². The van der Waals surface area contributed by atoms with Crippen LogP contribution in [0.25, 0.3) is 0 Å². The number of rotatable bonds is 4. The lowest BCUT2D eigenvalue weighted by molar-refractivity contribution is 0.119. The maximum Gasteiger partial charge on any atom is 0.315 e. The molecule has 5 nitrogen and oxygen atoms in total. The molecule has 0 aliphatic carbocycles. The quantitative estimate of drug-likeness (QED) is 0.840. The Morgan fingerprint density at radius 3 is 2.96 bits per heavy atom. The first-order valence-corrected chi connectivity index (χ1v) is 8.18. The third kappa shape index (κ3) is 3.67. The lowest BCUT2D eigenvalue weighted by Gasteiger charge is -2.27. The van der Waals surface area contributed by atoms with Gasteiger partial charge in [0, 0.05) is 31.1 Å². The Labute approximate surface area is 137 Å². The lowest BCUT2D eigenvalue weighted by Crippen LogP contribution is -2.42. The van der Waals surface area contributed by atoms with Gasteiger partial charge in [-0.25, -0.2) is 4.79 Å². The van der Waals surface area contributed by atoms with Gasteiger partial charge in [-0.05, 0) is 19.4 Å². The van der Waals surface area contributed by atoms with Crippen molar-refractivity contribution in [2.24, 2.45) is 5.92 Å². The van der Waals surface area contributed by atoms with Crippen molar-refractivity contribution in [3.63, 3.8) is 0 Å². The molecule has 2 amide bonds. The van der Waals surface area contributed by atoms with Crippen molar-refractivity contribution >= 4 is 6.03 Å². The van der Waals surface area contributed by atoms with Gasteiger partial charge >= 0.3 is 6.03 Å². The normalized spacial score (nSPS) is 26.0. The number of hydrogen-bond donors (Lipinski definition) is 2. The minimum Gasteiger partial charge on any atom is -0.493 e. The Morgan fingerprint density at radius 2 is 2.13 bits per heavy atom. The monoisotopic (exact) mass is 316 g/mol. The van der Waals surface area contributed by atoms with Crippen LogP contribution in [-0.2, 0) is 4.74 Å². The molecule has 23 heavy (non-hydrogen) atoms. The number of carbonyl (C=O) groups excluding carboxylic acids is 1. The average Bonchev–Trinajstić information content (AvgIpc) is 3.02. The minimum absolute atomic E-state index is 0.00304. The van der Waals surface area contributed by atoms with Crippen LogP contribution in [0.15, 0.2) is 36.4 Å². The van der Waals surface area contributed by atoms with Crippen molar-refractivity contribution in [2.75, 3.05) is 19.8 Å². The molecule has 1 aromatic carbocycles. The second-order valence-electron chi connectivity index (χ2n) is 6.27. The average molecular weight is 316 g/mol. The number of benzene rings is 1. The number of urea groups is 1. The Hall–Kier alpha value is -2.01. The summed E-state index contributed by atoms with van der Waals surface area (Å²) < 4.78 is 11.3. The maximum absolute atomic E-state index is 12.2. The molecule has 1 saturated heterocycles. The van der Waals surface area contributed by atoms with Gasteiger partial charge in [-0.2, -0.15) is 0 Å². The van der Waals surface area contributed by atoms with Crippen LogP contribution >= 0.6 is 0 Å². The summed E-state index contributed by atoms with van der Waals surface area (Å²) in [6.07, 6.45) is 1.79. The van der Waals surface area contributed by atoms with Gasteiger partial charge in [0.1, 0.15) is 5.75 Å². The molecule has 1 fully saturated rings. The molecule has 2 N–H and O–H groups in total. The number of carbonyl (C=O) groups is 1. The van der Waals surface area contributed by atoms with Gasteiger partial charge in [-0.1, -0.05) is 30.4 Å². The molecule has 2 heterocycles. The molecule has 5 heteroatoms. The van der Waals surface area contributed by atoms with E-state index in [0.29, 0.717) is 19.1 Å². The number of hydrogen-bond acceptors (Lipinski definition) is 3. The van der Waals surface area contributed by atoms with Crippen LogP contribution in [0, 0.1) is 5.92 Å². The fraction of sp³-hybridized carbons (Fsp3) is 0.500. The summed E-state index contributed by atoms with van der Waals surface area (Å²) in [6, 6.07) is 7.71. The summed E-state index contributed by atoms with van der Waals surface area (Å²) in [7, 11) is 0. The summed E-state index contributed by atoms with van der Waals surface area (Å²) in [4.78, 5) is 12.2. The van der Waals surface area contributed by atoms with Gasteiger partial charge in [-0.3, -0.25) is 0 Å². The van der Waals surface area contributed by atoms with Crippen molar-refractivity contribution in [2.45, 2.75) is 31.9 Å². The molecule has 2 aliphatic heterocycles. The third-order valence-electron chi connectivity index (χ3n) is 4.49. The van der Waals surface area contributed by atoms with Crippen molar-refractivity contribution in [1.29, 1.82) is 0 Å². The largest absolute Gasteiger partial charge is 0.493 e. The van der Waals surface area contributed by atoms with Crippen LogP contribution in [0.3, 0.4) is 0 Å². The van der Waals surface area contributed by atoms with Gasteiger partial charge in [0.25, 0.3) is 0 Å². The predicted octanol–water partition coefficient (Wildman–Crippen LogP) is 2.79. The summed E-state index contributed by atoms with van der Waals surface area (Å²) in [6.45, 7) is 7.90. The van der Waals surface area contributed by atoms with E-state index in [1.165, 1.54) is 0 Å². The first-order chi connectivity index (χ1) is 11.1. The Bertz CT molecular complexity index is 587. The Balaban J connectivity index is 1.53. The van der Waals surface area contributed by atoms with E-state index in [1.54, 1.807) is 0 Å². The van der Waals surface area contributed by atoms with E-state index in [-0.39, 0.29) is 18.2 Å². The molecular formula is C18H24N2O3. The van der Waals surface area contributed by atoms with Crippen molar-refractivity contribution in [3.05, 3.63) is 42.0 Å². The van der Waals surface area contributed by atoms with E-state index in [0.717, 1.165) is 36.3 Å². The van der Waals surface area contributed by atoms with Crippen molar-refractivity contribution < 1.29 is 14.3 Å². The standard InChI is InChI=1S/C18H24N2O3/c1-12(2)17-13(7-9-23-17)11-19-18(21)20-15-8-10-22-16-6-4-3-5-14(15)16/h3-6,13,15,17H,1,7-11H2,2H3,(H2,19,20,21)/t13-,15+,17-/m0/s1. The predicted molar refractivity (Wildman–Crippen MR) is 88.5 cm³/mol. The number of para-hydroxylation sites is 1. The van der Waals surface area contributed by atoms with Crippen molar-refractivity contribution in [1.82, 2.24) is 10.6 Å². The van der Waals surface area contributed by atoms with E-state index in [9.17, 15) is 4.79 Å². The van der Waals surface area contributed by atoms with Gasteiger partial charge in [0.2, 0.25) is 0 Å². The highest BCUT2D eigenvalue weighted by Crippen LogP contribution is 2.31. The highest BCUT2D eigenvalue weighted by atomic mass is 16.5. The first-order valence-electron chi connectivity index (χ1n) is 8.18. The smallest absolute Gasteiger partial charge is 0.315 e. The molecule has 124 valence electrons. The zero-order valence-corrected chi connectivity index (χ0v) is 13.5. The fourth-order valence-electron chi connectivity index (χ4n) is 3.31. The van der Waals surface area contributed by atoms with E-state index in [4.69, 9.17) is 9.47 Å². The number of nitrogens with one attached hydrogen (secondary N) is 2. The fourth-order valence-corrected chi connectivity index (χ4v) is 3.31. The van der Waals surface area contributed by atoms with Gasteiger partial charge in [0.05, 0.1) is 18.8 Å². The number of ether oxygens (including phenoxy) is 2. The number of amides is 2. The maximum atomic E-state index is 12.2. The van der Waals surface area contributed by atoms with Crippen LogP contribution < -0.4 is 15.4 Å². The molecule has 0 aromatic heterocycles. The van der Waals surface area contributed by atoms with E-state index in [1.807, 2.05) is 31.2 Å². The lowest BCUT2D eigenvalue weighted by atomic mass is 9.97. The summed E-state index contributed by atoms with van der Waals surface area (Å²) in [5.74, 6) is 1.16. The molecule has 1 aromatic rings. The molecule has 0 radical (unpaired) electrons. The molecule has 0 spiro atoms. The molecule has 3 atom stereocenters. The van der Waals surface area contributed by atoms with Crippen LogP contribution in [0.5, 0.6) is 5.75 Å². The first kappa shape index (κ1) is 15.9. The number of fused-ring (bicyclic) bond motifs is 1. The zero-order valence-electron chi connectivity index (χ0n) is 13.5. The molecule has 0 bridgehead atoms. The third-order valence-corrected chi connectivity index (χ3v) is 4.49. The zero-order chi connectivity index (χ0) is 16.2. The Kier molecular flexibility index (Phi) is 4.86. The van der Waals surface area contributed by atoms with Gasteiger partial charge in [-0.15, -0.1) is 0 Å². The second kappa shape index (κ2) is 7.04. The van der Waals surface area contributed by atoms with E-state index >= 15 is 0 Å². The molecule has 0 unspecified atom stereocenters. The Morgan fingerprint density at radius 1 is 1.30 bits per heavy atom. The van der Waals surface area contributed by atoms with Crippen LogP contribution in [-0.4, -0.2) is 31.9 Å². The SMILES string of the molecule is C=C(C)[C@@H]1OCC[C@H]1CNC(=O)N[C@@H]1CCOc2ccccc21. The topological polar surface area (TPSA) is 59.6 Å². The van der Waals surface area contributed by atoms with Crippen LogP contribution in [0.4, 0.5) is 4.79 Å². The van der Waals surface area contributed by atoms with Crippen molar-refractivity contribution in [3.8, 4) is 5.75 Å². The minimum atomic E-state index is -0.140. The summed E-state index contributed by atoms with van der Waals surface area (Å²) in [5, 5.41) is 6.03. The summed E-state index contributed by atoms with van der Waals surface area (Å²) >= 11 is 0. The molecule has 2 aliphatic rings. The van der Waals surface area contributed by atoms with E-state index < -0.39 is 0 Å². The van der Waals surface area contributed by atoms with Gasteiger partial charge < -0.3 is 20.1 Å².